The smallest absolute Gasteiger partial charge is 0.253 e. The average molecular weight is 285 g/mol. The predicted molar refractivity (Wildman–Crippen MR) is 85.5 cm³/mol. The molecule has 2 heterocycles. The van der Waals surface area contributed by atoms with Gasteiger partial charge in [-0.2, -0.15) is 0 Å². The van der Waals surface area contributed by atoms with E-state index < -0.39 is 0 Å². The van der Waals surface area contributed by atoms with Crippen LogP contribution in [-0.4, -0.2) is 54.6 Å². The van der Waals surface area contributed by atoms with Crippen LogP contribution in [0.2, 0.25) is 0 Å². The number of nitrogens with zero attached hydrogens (tertiary/aromatic N) is 3. The van der Waals surface area contributed by atoms with Crippen LogP contribution in [-0.2, 0) is 6.42 Å². The molecule has 1 fully saturated rings. The Morgan fingerprint density at radius 2 is 1.90 bits per heavy atom. The first-order chi connectivity index (χ1) is 10.0. The number of hydrogen-bond donors (Lipinski definition) is 0. The molecule has 112 valence electrons. The summed E-state index contributed by atoms with van der Waals surface area (Å²) in [5, 5.41) is 0. The van der Waals surface area contributed by atoms with Crippen molar-refractivity contribution < 1.29 is 4.79 Å². The van der Waals surface area contributed by atoms with Gasteiger partial charge in [-0.15, -0.1) is 0 Å². The van der Waals surface area contributed by atoms with Gasteiger partial charge in [0.15, 0.2) is 0 Å². The molecule has 1 amide bonds. The number of hydrogen-bond acceptors (Lipinski definition) is 3. The second kappa shape index (κ2) is 5.60. The molecule has 0 N–H and O–H groups in total. The second-order valence-electron chi connectivity index (χ2n) is 6.37. The monoisotopic (exact) mass is 285 g/mol. The van der Waals surface area contributed by atoms with Crippen molar-refractivity contribution in [2.24, 2.45) is 10.9 Å². The zero-order valence-corrected chi connectivity index (χ0v) is 13.1. The molecule has 3 rings (SSSR count). The summed E-state index contributed by atoms with van der Waals surface area (Å²) in [6.45, 7) is 7.89. The van der Waals surface area contributed by atoms with Crippen molar-refractivity contribution in [2.45, 2.75) is 20.3 Å². The van der Waals surface area contributed by atoms with Crippen LogP contribution < -0.4 is 0 Å². The third-order valence-corrected chi connectivity index (χ3v) is 4.42. The van der Waals surface area contributed by atoms with E-state index in [0.717, 1.165) is 43.9 Å². The fourth-order valence-electron chi connectivity index (χ4n) is 2.88. The van der Waals surface area contributed by atoms with Gasteiger partial charge < -0.3 is 9.80 Å². The summed E-state index contributed by atoms with van der Waals surface area (Å²) in [4.78, 5) is 21.5. The zero-order valence-electron chi connectivity index (χ0n) is 13.1. The number of rotatable bonds is 2. The molecule has 0 spiro atoms. The maximum Gasteiger partial charge on any atom is 0.253 e. The molecular formula is C17H23N3O. The maximum absolute atomic E-state index is 12.6. The van der Waals surface area contributed by atoms with Crippen molar-refractivity contribution in [1.82, 2.24) is 9.80 Å². The predicted octanol–water partition coefficient (Wildman–Crippen LogP) is 2.36. The number of amides is 1. The molecule has 21 heavy (non-hydrogen) atoms. The molecule has 0 atom stereocenters. The number of piperazine rings is 1. The summed E-state index contributed by atoms with van der Waals surface area (Å²) in [5.41, 5.74) is 4.25. The van der Waals surface area contributed by atoms with Crippen molar-refractivity contribution in [2.75, 3.05) is 33.2 Å². The van der Waals surface area contributed by atoms with E-state index >= 15 is 0 Å². The number of benzene rings is 1. The second-order valence-corrected chi connectivity index (χ2v) is 6.37. The van der Waals surface area contributed by atoms with Crippen LogP contribution in [0.5, 0.6) is 0 Å². The Labute approximate surface area is 126 Å². The van der Waals surface area contributed by atoms with E-state index in [-0.39, 0.29) is 5.91 Å². The third-order valence-electron chi connectivity index (χ3n) is 4.42. The average Bonchev–Trinajstić information content (AvgIpc) is 2.90. The number of likely N-dealkylation sites (N-methyl/N-ethyl adjacent to an activating group) is 1. The molecule has 1 saturated heterocycles. The fraction of sp³-hybridized carbons (Fsp3) is 0.529. The van der Waals surface area contributed by atoms with Gasteiger partial charge in [0.2, 0.25) is 0 Å². The largest absolute Gasteiger partial charge is 0.336 e. The van der Waals surface area contributed by atoms with Crippen molar-refractivity contribution in [3.05, 3.63) is 29.3 Å². The van der Waals surface area contributed by atoms with Gasteiger partial charge in [0, 0.05) is 43.9 Å². The molecule has 4 nitrogen and oxygen atoms in total. The van der Waals surface area contributed by atoms with Crippen LogP contribution in [0.15, 0.2) is 23.2 Å². The summed E-state index contributed by atoms with van der Waals surface area (Å²) >= 11 is 0. The minimum Gasteiger partial charge on any atom is -0.336 e. The van der Waals surface area contributed by atoms with Gasteiger partial charge in [-0.3, -0.25) is 9.79 Å². The van der Waals surface area contributed by atoms with Crippen molar-refractivity contribution in [1.29, 1.82) is 0 Å². The molecule has 4 heteroatoms. The Morgan fingerprint density at radius 3 is 2.57 bits per heavy atom. The van der Waals surface area contributed by atoms with E-state index in [4.69, 9.17) is 0 Å². The summed E-state index contributed by atoms with van der Waals surface area (Å²) in [7, 11) is 2.10. The standard InChI is InChI=1S/C17H23N3O/c1-12(2)16-11-14-10-13(4-5-15(14)18-16)17(21)20-8-6-19(3)7-9-20/h4-5,10,12H,6-9,11H2,1-3H3. The Morgan fingerprint density at radius 1 is 1.19 bits per heavy atom. The van der Waals surface area contributed by atoms with Crippen molar-refractivity contribution in [3.8, 4) is 0 Å². The van der Waals surface area contributed by atoms with Crippen LogP contribution in [0.25, 0.3) is 0 Å². The van der Waals surface area contributed by atoms with Crippen LogP contribution in [0.1, 0.15) is 29.8 Å². The number of carbonyl (C=O) groups excluding carboxylic acids is 1. The molecule has 0 unspecified atom stereocenters. The highest BCUT2D eigenvalue weighted by molar-refractivity contribution is 5.98. The molecule has 2 aliphatic heterocycles. The summed E-state index contributed by atoms with van der Waals surface area (Å²) < 4.78 is 0. The summed E-state index contributed by atoms with van der Waals surface area (Å²) in [5.74, 6) is 0.623. The Balaban J connectivity index is 1.75. The highest BCUT2D eigenvalue weighted by Gasteiger charge is 2.23. The number of aliphatic imine (C=N–C) groups is 1. The zero-order chi connectivity index (χ0) is 15.0. The normalized spacial score (nSPS) is 18.9. The number of carbonyl (C=O) groups is 1. The summed E-state index contributed by atoms with van der Waals surface area (Å²) in [6, 6.07) is 5.95. The van der Waals surface area contributed by atoms with Gasteiger partial charge >= 0.3 is 0 Å². The van der Waals surface area contributed by atoms with Crippen LogP contribution in [0.3, 0.4) is 0 Å². The topological polar surface area (TPSA) is 35.9 Å². The van der Waals surface area contributed by atoms with Crippen LogP contribution in [0.4, 0.5) is 5.69 Å². The molecule has 2 aliphatic rings. The van der Waals surface area contributed by atoms with E-state index in [0.29, 0.717) is 5.92 Å². The van der Waals surface area contributed by atoms with Crippen LogP contribution in [0, 0.1) is 5.92 Å². The Hall–Kier alpha value is -1.68. The van der Waals surface area contributed by atoms with Crippen molar-refractivity contribution >= 4 is 17.3 Å². The quantitative estimate of drug-likeness (QED) is 0.836. The van der Waals surface area contributed by atoms with E-state index in [1.54, 1.807) is 0 Å². The van der Waals surface area contributed by atoms with Gasteiger partial charge in [-0.25, -0.2) is 0 Å². The van der Waals surface area contributed by atoms with E-state index in [1.807, 2.05) is 23.1 Å². The van der Waals surface area contributed by atoms with E-state index in [2.05, 4.69) is 30.8 Å². The number of fused-ring (bicyclic) bond motifs is 1. The highest BCUT2D eigenvalue weighted by Crippen LogP contribution is 2.30. The SMILES string of the molecule is CC(C)C1=Nc2ccc(C(=O)N3CCN(C)CC3)cc2C1. The molecule has 0 radical (unpaired) electrons. The third kappa shape index (κ3) is 2.86. The minimum absolute atomic E-state index is 0.156. The first-order valence-electron chi connectivity index (χ1n) is 7.73. The maximum atomic E-state index is 12.6. The lowest BCUT2D eigenvalue weighted by Gasteiger charge is -2.32. The first kappa shape index (κ1) is 14.3. The van der Waals surface area contributed by atoms with E-state index in [1.165, 1.54) is 11.3 Å². The first-order valence-corrected chi connectivity index (χ1v) is 7.73. The lowest BCUT2D eigenvalue weighted by atomic mass is 10.0. The minimum atomic E-state index is 0.156. The highest BCUT2D eigenvalue weighted by atomic mass is 16.2. The molecule has 1 aromatic carbocycles. The van der Waals surface area contributed by atoms with Gasteiger partial charge in [-0.05, 0) is 36.7 Å². The molecule has 0 bridgehead atoms. The van der Waals surface area contributed by atoms with Gasteiger partial charge in [0.25, 0.3) is 5.91 Å². The molecule has 0 saturated carbocycles. The Bertz CT molecular complexity index is 584. The van der Waals surface area contributed by atoms with Crippen molar-refractivity contribution in [3.63, 3.8) is 0 Å². The lowest BCUT2D eigenvalue weighted by molar-refractivity contribution is 0.0664. The lowest BCUT2D eigenvalue weighted by Crippen LogP contribution is -2.47. The summed E-state index contributed by atoms with van der Waals surface area (Å²) in [6.07, 6.45) is 0.886. The Kier molecular flexibility index (Phi) is 3.81. The fourth-order valence-corrected chi connectivity index (χ4v) is 2.88. The molecule has 1 aromatic rings. The molecular weight excluding hydrogens is 262 g/mol. The van der Waals surface area contributed by atoms with Gasteiger partial charge in [0.05, 0.1) is 5.69 Å². The van der Waals surface area contributed by atoms with Gasteiger partial charge in [-0.1, -0.05) is 13.8 Å². The molecule has 0 aromatic heterocycles. The van der Waals surface area contributed by atoms with E-state index in [9.17, 15) is 4.79 Å². The molecule has 0 aliphatic carbocycles. The van der Waals surface area contributed by atoms with Gasteiger partial charge in [0.1, 0.15) is 0 Å². The van der Waals surface area contributed by atoms with Crippen LogP contribution >= 0.6 is 0 Å².